The van der Waals surface area contributed by atoms with Crippen molar-refractivity contribution < 1.29 is 9.59 Å². The molecule has 0 atom stereocenters. The molecule has 35 heavy (non-hydrogen) atoms. The second-order valence-electron chi connectivity index (χ2n) is 9.39. The summed E-state index contributed by atoms with van der Waals surface area (Å²) in [7, 11) is 2.06. The van der Waals surface area contributed by atoms with Crippen molar-refractivity contribution in [2.45, 2.75) is 37.5 Å². The highest BCUT2D eigenvalue weighted by Crippen LogP contribution is 2.55. The Morgan fingerprint density at radius 1 is 0.829 bits per heavy atom. The number of Topliss-reactive ketones (excluding diaryl/α,β-unsaturated/α-hetero) is 2. The number of anilines is 1. The molecular weight excluding hydrogens is 454 g/mol. The van der Waals surface area contributed by atoms with Gasteiger partial charge in [0, 0.05) is 40.0 Å². The zero-order valence-electron chi connectivity index (χ0n) is 19.8. The predicted molar refractivity (Wildman–Crippen MR) is 142 cm³/mol. The van der Waals surface area contributed by atoms with E-state index in [2.05, 4.69) is 24.1 Å². The molecule has 0 unspecified atom stereocenters. The molecule has 0 amide bonds. The van der Waals surface area contributed by atoms with Crippen LogP contribution in [0.25, 0.3) is 0 Å². The van der Waals surface area contributed by atoms with Gasteiger partial charge in [-0.1, -0.05) is 91.5 Å². The number of carbonyl (C=O) groups excluding carboxylic acids is 2. The van der Waals surface area contributed by atoms with Gasteiger partial charge in [0.05, 0.1) is 5.57 Å². The lowest BCUT2D eigenvalue weighted by atomic mass is 9.68. The first-order valence-corrected chi connectivity index (χ1v) is 12.5. The van der Waals surface area contributed by atoms with Crippen LogP contribution in [0.15, 0.2) is 102 Å². The van der Waals surface area contributed by atoms with Crippen LogP contribution in [0.3, 0.4) is 0 Å². The Morgan fingerprint density at radius 2 is 1.40 bits per heavy atom. The van der Waals surface area contributed by atoms with Crippen molar-refractivity contribution in [1.29, 1.82) is 0 Å². The van der Waals surface area contributed by atoms with Gasteiger partial charge < -0.3 is 4.90 Å². The zero-order chi connectivity index (χ0) is 24.4. The molecule has 0 saturated heterocycles. The van der Waals surface area contributed by atoms with Crippen molar-refractivity contribution >= 4 is 28.9 Å². The van der Waals surface area contributed by atoms with Crippen molar-refractivity contribution in [2.75, 3.05) is 11.9 Å². The molecule has 4 heteroatoms. The van der Waals surface area contributed by atoms with E-state index in [0.717, 1.165) is 42.1 Å². The van der Waals surface area contributed by atoms with Crippen LogP contribution in [-0.4, -0.2) is 18.6 Å². The monoisotopic (exact) mass is 481 g/mol. The Morgan fingerprint density at radius 3 is 1.97 bits per heavy atom. The third-order valence-electron chi connectivity index (χ3n) is 7.36. The average Bonchev–Trinajstić information content (AvgIpc) is 3.11. The molecule has 1 spiro atoms. The molecule has 1 aliphatic carbocycles. The lowest BCUT2D eigenvalue weighted by molar-refractivity contribution is 0.0962. The van der Waals surface area contributed by atoms with Crippen LogP contribution in [0.2, 0.25) is 5.02 Å². The van der Waals surface area contributed by atoms with Gasteiger partial charge in [0.15, 0.2) is 11.6 Å². The number of allylic oxidation sites excluding steroid dienone is 4. The van der Waals surface area contributed by atoms with Gasteiger partial charge in [-0.05, 0) is 48.8 Å². The molecule has 1 aliphatic heterocycles. The minimum Gasteiger partial charge on any atom is -0.347 e. The fraction of sp³-hybridized carbons (Fsp3) is 0.226. The summed E-state index contributed by atoms with van der Waals surface area (Å²) in [6.45, 7) is 0. The summed E-state index contributed by atoms with van der Waals surface area (Å²) in [6.07, 6.45) is 9.28. The zero-order valence-corrected chi connectivity index (χ0v) is 20.6. The minimum atomic E-state index is -0.268. The van der Waals surface area contributed by atoms with Crippen molar-refractivity contribution in [3.63, 3.8) is 0 Å². The summed E-state index contributed by atoms with van der Waals surface area (Å²) in [5, 5.41) is 0.734. The molecule has 176 valence electrons. The topological polar surface area (TPSA) is 37.4 Å². The summed E-state index contributed by atoms with van der Waals surface area (Å²) in [5.41, 5.74) is 4.53. The number of likely N-dealkylation sites (N-methyl/N-ethyl adjacent to an activating group) is 1. The van der Waals surface area contributed by atoms with E-state index in [-0.39, 0.29) is 22.6 Å². The Hall–Kier alpha value is -3.43. The van der Waals surface area contributed by atoms with Gasteiger partial charge in [-0.3, -0.25) is 9.59 Å². The smallest absolute Gasteiger partial charge is 0.196 e. The number of hydrogen-bond acceptors (Lipinski definition) is 3. The molecule has 1 heterocycles. The summed E-state index contributed by atoms with van der Waals surface area (Å²) in [5.74, 6) is -0.537. The van der Waals surface area contributed by atoms with Gasteiger partial charge in [-0.15, -0.1) is 0 Å². The number of carbonyl (C=O) groups is 2. The third kappa shape index (κ3) is 4.26. The standard InChI is InChI=1S/C31H28ClNO2/c1-33-27-17-15-24(32)21-26(27)31(19-9-4-10-20-31)28(33)18-16-25(29(34)22-11-5-2-6-12-22)30(35)23-13-7-3-8-14-23/h2-3,5-8,11-18,21H,4,9-10,19-20H2,1H3/b28-18+. The molecule has 5 rings (SSSR count). The predicted octanol–water partition coefficient (Wildman–Crippen LogP) is 7.57. The molecular formula is C31H28ClNO2. The summed E-state index contributed by atoms with van der Waals surface area (Å²) < 4.78 is 0. The van der Waals surface area contributed by atoms with Gasteiger partial charge in [-0.2, -0.15) is 0 Å². The Kier molecular flexibility index (Phi) is 6.44. The van der Waals surface area contributed by atoms with Crippen LogP contribution in [0, 0.1) is 0 Å². The summed E-state index contributed by atoms with van der Waals surface area (Å²) in [6, 6.07) is 24.1. The summed E-state index contributed by atoms with van der Waals surface area (Å²) in [4.78, 5) is 29.3. The van der Waals surface area contributed by atoms with Crippen LogP contribution >= 0.6 is 11.6 Å². The molecule has 0 radical (unpaired) electrons. The first kappa shape index (κ1) is 23.3. The number of hydrogen-bond donors (Lipinski definition) is 0. The maximum atomic E-state index is 13.5. The van der Waals surface area contributed by atoms with Crippen LogP contribution in [0.1, 0.15) is 58.4 Å². The maximum Gasteiger partial charge on any atom is 0.196 e. The van der Waals surface area contributed by atoms with Crippen molar-refractivity contribution in [1.82, 2.24) is 0 Å². The lowest BCUT2D eigenvalue weighted by Gasteiger charge is -2.36. The van der Waals surface area contributed by atoms with Crippen LogP contribution in [-0.2, 0) is 5.41 Å². The fourth-order valence-corrected chi connectivity index (χ4v) is 5.80. The highest BCUT2D eigenvalue weighted by atomic mass is 35.5. The van der Waals surface area contributed by atoms with E-state index in [9.17, 15) is 9.59 Å². The SMILES string of the molecule is CN1/C(=C/C=C(C(=O)c2ccccc2)C(=O)c2ccccc2)C2(CCCCC2)c2cc(Cl)ccc21. The first-order valence-electron chi connectivity index (χ1n) is 12.2. The number of halogens is 1. The first-order chi connectivity index (χ1) is 17.0. The van der Waals surface area contributed by atoms with Crippen LogP contribution in [0.5, 0.6) is 0 Å². The van der Waals surface area contributed by atoms with E-state index in [1.165, 1.54) is 12.0 Å². The Labute approximate surface area is 211 Å². The molecule has 2 aliphatic rings. The molecule has 3 aromatic rings. The van der Waals surface area contributed by atoms with Crippen molar-refractivity contribution in [3.05, 3.63) is 124 Å². The van der Waals surface area contributed by atoms with Gasteiger partial charge >= 0.3 is 0 Å². The molecule has 1 saturated carbocycles. The maximum absolute atomic E-state index is 13.5. The number of ketones is 2. The largest absolute Gasteiger partial charge is 0.347 e. The van der Waals surface area contributed by atoms with Gasteiger partial charge in [-0.25, -0.2) is 0 Å². The van der Waals surface area contributed by atoms with Gasteiger partial charge in [0.1, 0.15) is 0 Å². The Balaban J connectivity index is 1.64. The summed E-state index contributed by atoms with van der Waals surface area (Å²) >= 11 is 6.43. The highest BCUT2D eigenvalue weighted by Gasteiger charge is 2.46. The number of benzene rings is 3. The van der Waals surface area contributed by atoms with E-state index < -0.39 is 0 Å². The highest BCUT2D eigenvalue weighted by molar-refractivity contribution is 6.31. The molecule has 3 nitrogen and oxygen atoms in total. The number of nitrogens with zero attached hydrogens (tertiary/aromatic N) is 1. The molecule has 0 aromatic heterocycles. The van der Waals surface area contributed by atoms with E-state index in [1.54, 1.807) is 30.3 Å². The van der Waals surface area contributed by atoms with Crippen molar-refractivity contribution in [2.24, 2.45) is 0 Å². The molecule has 1 fully saturated rings. The third-order valence-corrected chi connectivity index (χ3v) is 7.60. The second kappa shape index (κ2) is 9.67. The van der Waals surface area contributed by atoms with E-state index in [4.69, 9.17) is 11.6 Å². The second-order valence-corrected chi connectivity index (χ2v) is 9.82. The van der Waals surface area contributed by atoms with Crippen LogP contribution in [0.4, 0.5) is 5.69 Å². The van der Waals surface area contributed by atoms with Crippen molar-refractivity contribution in [3.8, 4) is 0 Å². The molecule has 0 N–H and O–H groups in total. The van der Waals surface area contributed by atoms with E-state index in [1.807, 2.05) is 48.5 Å². The molecule has 0 bridgehead atoms. The minimum absolute atomic E-state index is 0.152. The van der Waals surface area contributed by atoms with Gasteiger partial charge in [0.25, 0.3) is 0 Å². The number of rotatable bonds is 5. The number of fused-ring (bicyclic) bond motifs is 2. The van der Waals surface area contributed by atoms with Crippen LogP contribution < -0.4 is 4.90 Å². The van der Waals surface area contributed by atoms with Gasteiger partial charge in [0.2, 0.25) is 0 Å². The average molecular weight is 482 g/mol. The van der Waals surface area contributed by atoms with E-state index >= 15 is 0 Å². The quantitative estimate of drug-likeness (QED) is 0.163. The fourth-order valence-electron chi connectivity index (χ4n) is 5.63. The van der Waals surface area contributed by atoms with E-state index in [0.29, 0.717) is 11.1 Å². The lowest BCUT2D eigenvalue weighted by Crippen LogP contribution is -2.32. The Bertz CT molecular complexity index is 1270. The normalized spacial score (nSPS) is 17.3. The molecule has 3 aromatic carbocycles.